The number of unbranched alkanes of at least 4 members (excludes halogenated alkanes) is 3. The van der Waals surface area contributed by atoms with Crippen molar-refractivity contribution >= 4 is 13.9 Å². The second kappa shape index (κ2) is 11.2. The number of rotatable bonds is 11. The quantitative estimate of drug-likeness (QED) is 0.392. The summed E-state index contributed by atoms with van der Waals surface area (Å²) in [6.45, 7) is 3.84. The number of methoxy groups -OCH3 is 1. The standard InChI is InChI=1S/C17H28NO7P/c1-4-5-6-7-11-24-17(19)18-16(13(2)25-26(20,21)22)14-9-8-10-15(12-14)23-3/h8-10,12-13,16H,4-7,11H2,1-3H3,(H,18,19)(H2,20,21,22)/t13-,16+/m0/s1. The van der Waals surface area contributed by atoms with Gasteiger partial charge in [-0.1, -0.05) is 38.3 Å². The van der Waals surface area contributed by atoms with Crippen LogP contribution < -0.4 is 10.1 Å². The molecule has 0 aliphatic carbocycles. The van der Waals surface area contributed by atoms with Crippen LogP contribution in [-0.2, 0) is 13.8 Å². The van der Waals surface area contributed by atoms with Crippen LogP contribution in [0.25, 0.3) is 0 Å². The van der Waals surface area contributed by atoms with Crippen molar-refractivity contribution in [2.24, 2.45) is 0 Å². The van der Waals surface area contributed by atoms with E-state index in [9.17, 15) is 9.36 Å². The van der Waals surface area contributed by atoms with Crippen molar-refractivity contribution in [3.63, 3.8) is 0 Å². The van der Waals surface area contributed by atoms with Gasteiger partial charge in [-0.25, -0.2) is 9.36 Å². The van der Waals surface area contributed by atoms with Gasteiger partial charge in [0.05, 0.1) is 25.9 Å². The molecule has 0 radical (unpaired) electrons. The fourth-order valence-corrected chi connectivity index (χ4v) is 3.00. The average Bonchev–Trinajstić information content (AvgIpc) is 2.58. The van der Waals surface area contributed by atoms with Crippen molar-refractivity contribution in [1.82, 2.24) is 5.32 Å². The van der Waals surface area contributed by atoms with Crippen LogP contribution in [0.3, 0.4) is 0 Å². The molecule has 2 atom stereocenters. The molecule has 0 spiro atoms. The van der Waals surface area contributed by atoms with Gasteiger partial charge in [0.25, 0.3) is 0 Å². The van der Waals surface area contributed by atoms with E-state index in [2.05, 4.69) is 12.2 Å². The first-order chi connectivity index (χ1) is 12.3. The zero-order chi connectivity index (χ0) is 19.6. The summed E-state index contributed by atoms with van der Waals surface area (Å²) in [5.74, 6) is 0.547. The molecule has 3 N–H and O–H groups in total. The summed E-state index contributed by atoms with van der Waals surface area (Å²) in [6, 6.07) is 5.98. The Balaban J connectivity index is 2.80. The van der Waals surface area contributed by atoms with Crippen LogP contribution in [0.4, 0.5) is 4.79 Å². The van der Waals surface area contributed by atoms with E-state index in [1.54, 1.807) is 24.3 Å². The van der Waals surface area contributed by atoms with Gasteiger partial charge in [0.2, 0.25) is 0 Å². The maximum Gasteiger partial charge on any atom is 0.469 e. The van der Waals surface area contributed by atoms with E-state index < -0.39 is 26.1 Å². The number of carbonyl (C=O) groups is 1. The van der Waals surface area contributed by atoms with Crippen LogP contribution in [0.1, 0.15) is 51.1 Å². The molecule has 0 aliphatic rings. The average molecular weight is 389 g/mol. The highest BCUT2D eigenvalue weighted by atomic mass is 31.2. The van der Waals surface area contributed by atoms with Crippen molar-refractivity contribution in [2.45, 2.75) is 51.7 Å². The SMILES string of the molecule is CCCCCCOC(=O)N[C@@H](c1cccc(OC)c1)[C@H](C)OP(=O)(O)O. The Morgan fingerprint density at radius 3 is 2.62 bits per heavy atom. The van der Waals surface area contributed by atoms with Crippen LogP contribution >= 0.6 is 7.82 Å². The molecule has 1 aromatic carbocycles. The summed E-state index contributed by atoms with van der Waals surface area (Å²) < 4.78 is 26.2. The second-order valence-corrected chi connectivity index (χ2v) is 7.09. The molecular weight excluding hydrogens is 361 g/mol. The second-order valence-electron chi connectivity index (χ2n) is 5.90. The minimum atomic E-state index is -4.72. The van der Waals surface area contributed by atoms with E-state index in [-0.39, 0.29) is 6.61 Å². The van der Waals surface area contributed by atoms with Crippen LogP contribution in [0, 0.1) is 0 Å². The van der Waals surface area contributed by atoms with E-state index in [0.717, 1.165) is 25.7 Å². The molecule has 1 amide bonds. The number of amides is 1. The van der Waals surface area contributed by atoms with Gasteiger partial charge in [-0.2, -0.15) is 0 Å². The van der Waals surface area contributed by atoms with Crippen LogP contribution in [0.2, 0.25) is 0 Å². The summed E-state index contributed by atoms with van der Waals surface area (Å²) in [5, 5.41) is 2.61. The maximum atomic E-state index is 12.1. The van der Waals surface area contributed by atoms with Gasteiger partial charge < -0.3 is 24.6 Å². The number of carbonyl (C=O) groups excluding carboxylic acids is 1. The number of hydrogen-bond donors (Lipinski definition) is 3. The van der Waals surface area contributed by atoms with E-state index in [0.29, 0.717) is 11.3 Å². The molecule has 0 saturated heterocycles. The Hall–Kier alpha value is -1.60. The molecule has 9 heteroatoms. The van der Waals surface area contributed by atoms with Crippen molar-refractivity contribution < 1.29 is 33.1 Å². The zero-order valence-electron chi connectivity index (χ0n) is 15.4. The van der Waals surface area contributed by atoms with Crippen molar-refractivity contribution in [2.75, 3.05) is 13.7 Å². The van der Waals surface area contributed by atoms with E-state index in [1.165, 1.54) is 14.0 Å². The molecule has 0 saturated carbocycles. The van der Waals surface area contributed by atoms with Gasteiger partial charge >= 0.3 is 13.9 Å². The van der Waals surface area contributed by atoms with Crippen LogP contribution in [0.15, 0.2) is 24.3 Å². The molecule has 0 aliphatic heterocycles. The number of phosphoric acid groups is 1. The Kier molecular flexibility index (Phi) is 9.65. The van der Waals surface area contributed by atoms with E-state index >= 15 is 0 Å². The largest absolute Gasteiger partial charge is 0.497 e. The highest BCUT2D eigenvalue weighted by Gasteiger charge is 2.29. The number of benzene rings is 1. The molecule has 1 aromatic rings. The number of ether oxygens (including phenoxy) is 2. The van der Waals surface area contributed by atoms with Gasteiger partial charge in [-0.15, -0.1) is 0 Å². The van der Waals surface area contributed by atoms with Gasteiger partial charge in [-0.05, 0) is 31.0 Å². The number of hydrogen-bond acceptors (Lipinski definition) is 5. The van der Waals surface area contributed by atoms with Crippen molar-refractivity contribution in [3.05, 3.63) is 29.8 Å². The lowest BCUT2D eigenvalue weighted by Gasteiger charge is -2.25. The highest BCUT2D eigenvalue weighted by molar-refractivity contribution is 7.46. The molecule has 0 unspecified atom stereocenters. The third-order valence-electron chi connectivity index (χ3n) is 3.73. The van der Waals surface area contributed by atoms with Crippen molar-refractivity contribution in [3.8, 4) is 5.75 Å². The summed E-state index contributed by atoms with van der Waals surface area (Å²) in [6.07, 6.45) is 2.23. The lowest BCUT2D eigenvalue weighted by molar-refractivity contribution is 0.0992. The minimum absolute atomic E-state index is 0.282. The Morgan fingerprint density at radius 1 is 1.27 bits per heavy atom. The molecule has 0 aromatic heterocycles. The summed E-state index contributed by atoms with van der Waals surface area (Å²) in [7, 11) is -3.21. The maximum absolute atomic E-state index is 12.1. The predicted molar refractivity (Wildman–Crippen MR) is 97.0 cm³/mol. The number of nitrogens with one attached hydrogen (secondary N) is 1. The Labute approximate surface area is 154 Å². The number of phosphoric ester groups is 1. The monoisotopic (exact) mass is 389 g/mol. The third kappa shape index (κ3) is 8.67. The van der Waals surface area contributed by atoms with Gasteiger partial charge in [0.15, 0.2) is 0 Å². The van der Waals surface area contributed by atoms with E-state index in [1.807, 2.05) is 0 Å². The predicted octanol–water partition coefficient (Wildman–Crippen LogP) is 3.54. The first-order valence-corrected chi connectivity index (χ1v) is 10.1. The fourth-order valence-electron chi connectivity index (χ4n) is 2.45. The highest BCUT2D eigenvalue weighted by Crippen LogP contribution is 2.40. The lowest BCUT2D eigenvalue weighted by atomic mass is 10.0. The first kappa shape index (κ1) is 22.4. The third-order valence-corrected chi connectivity index (χ3v) is 4.34. The summed E-state index contributed by atoms with van der Waals surface area (Å²) >= 11 is 0. The van der Waals surface area contributed by atoms with Gasteiger partial charge in [-0.3, -0.25) is 4.52 Å². The van der Waals surface area contributed by atoms with Crippen LogP contribution in [-0.4, -0.2) is 35.7 Å². The van der Waals surface area contributed by atoms with E-state index in [4.69, 9.17) is 23.8 Å². The Bertz CT molecular complexity index is 605. The van der Waals surface area contributed by atoms with Crippen LogP contribution in [0.5, 0.6) is 5.75 Å². The summed E-state index contributed by atoms with van der Waals surface area (Å²) in [4.78, 5) is 30.2. The summed E-state index contributed by atoms with van der Waals surface area (Å²) in [5.41, 5.74) is 0.577. The topological polar surface area (TPSA) is 114 Å². The molecular formula is C17H28NO7P. The van der Waals surface area contributed by atoms with Crippen molar-refractivity contribution in [1.29, 1.82) is 0 Å². The lowest BCUT2D eigenvalue weighted by Crippen LogP contribution is -2.36. The molecule has 8 nitrogen and oxygen atoms in total. The van der Waals surface area contributed by atoms with Gasteiger partial charge in [0.1, 0.15) is 5.75 Å². The zero-order valence-corrected chi connectivity index (χ0v) is 16.3. The van der Waals surface area contributed by atoms with Gasteiger partial charge in [0, 0.05) is 0 Å². The molecule has 0 bridgehead atoms. The smallest absolute Gasteiger partial charge is 0.469 e. The minimum Gasteiger partial charge on any atom is -0.497 e. The molecule has 148 valence electrons. The molecule has 0 fully saturated rings. The molecule has 1 rings (SSSR count). The number of alkyl carbamates (subject to hydrolysis) is 1. The normalized spacial score (nSPS) is 13.7. The molecule has 26 heavy (non-hydrogen) atoms. The molecule has 0 heterocycles. The first-order valence-electron chi connectivity index (χ1n) is 8.58. The fraction of sp³-hybridized carbons (Fsp3) is 0.588. The Morgan fingerprint density at radius 2 is 2.00 bits per heavy atom.